The second-order valence-corrected chi connectivity index (χ2v) is 6.03. The molecule has 0 radical (unpaired) electrons. The summed E-state index contributed by atoms with van der Waals surface area (Å²) >= 11 is 0. The van der Waals surface area contributed by atoms with Crippen LogP contribution in [-0.4, -0.2) is 50.7 Å². The van der Waals surface area contributed by atoms with Crippen molar-refractivity contribution in [3.05, 3.63) is 0 Å². The van der Waals surface area contributed by atoms with Crippen molar-refractivity contribution < 1.29 is 24.0 Å². The Morgan fingerprint density at radius 3 is 2.30 bits per heavy atom. The molecule has 0 aromatic heterocycles. The Morgan fingerprint density at radius 1 is 1.04 bits per heavy atom. The lowest BCUT2D eigenvalue weighted by molar-refractivity contribution is -0.881. The lowest BCUT2D eigenvalue weighted by Gasteiger charge is -2.22. The summed E-state index contributed by atoms with van der Waals surface area (Å²) in [6.07, 6.45) is 5.43. The van der Waals surface area contributed by atoms with E-state index in [1.165, 1.54) is 32.1 Å². The van der Waals surface area contributed by atoms with Crippen LogP contribution in [-0.2, 0) is 14.3 Å². The molecule has 3 N–H and O–H groups in total. The Kier molecular flexibility index (Phi) is 9.28. The molecule has 132 valence electrons. The van der Waals surface area contributed by atoms with E-state index in [-0.39, 0.29) is 25.6 Å². The van der Waals surface area contributed by atoms with E-state index in [2.05, 4.69) is 15.4 Å². The van der Waals surface area contributed by atoms with Crippen LogP contribution in [0.25, 0.3) is 0 Å². The maximum absolute atomic E-state index is 12.0. The largest absolute Gasteiger partial charge is 0.450 e. The van der Waals surface area contributed by atoms with Crippen molar-refractivity contribution in [1.82, 2.24) is 10.6 Å². The van der Waals surface area contributed by atoms with Gasteiger partial charge in [0.05, 0.1) is 13.2 Å². The van der Waals surface area contributed by atoms with Crippen molar-refractivity contribution in [1.29, 1.82) is 0 Å². The van der Waals surface area contributed by atoms with Crippen LogP contribution in [0.4, 0.5) is 4.79 Å². The van der Waals surface area contributed by atoms with E-state index >= 15 is 0 Å². The average molecular weight is 328 g/mol. The molecule has 0 aromatic rings. The minimum absolute atomic E-state index is 0.0450. The van der Waals surface area contributed by atoms with Gasteiger partial charge in [-0.25, -0.2) is 4.79 Å². The molecule has 1 saturated carbocycles. The van der Waals surface area contributed by atoms with Gasteiger partial charge in [0.15, 0.2) is 13.1 Å². The highest BCUT2D eigenvalue weighted by Gasteiger charge is 2.20. The number of hydrogen-bond acceptors (Lipinski definition) is 4. The van der Waals surface area contributed by atoms with E-state index in [1.54, 1.807) is 6.92 Å². The highest BCUT2D eigenvalue weighted by atomic mass is 16.5. The van der Waals surface area contributed by atoms with Gasteiger partial charge in [0.2, 0.25) is 0 Å². The Balaban J connectivity index is 2.26. The predicted molar refractivity (Wildman–Crippen MR) is 86.0 cm³/mol. The van der Waals surface area contributed by atoms with Gasteiger partial charge in [-0.2, -0.15) is 0 Å². The predicted octanol–water partition coefficient (Wildman–Crippen LogP) is -0.140. The fourth-order valence-electron chi connectivity index (χ4n) is 2.80. The first kappa shape index (κ1) is 19.4. The first-order valence-electron chi connectivity index (χ1n) is 8.62. The van der Waals surface area contributed by atoms with Crippen LogP contribution in [0.5, 0.6) is 0 Å². The van der Waals surface area contributed by atoms with E-state index in [9.17, 15) is 14.4 Å². The molecular formula is C16H30N3O4+. The van der Waals surface area contributed by atoms with Gasteiger partial charge in [0.25, 0.3) is 11.8 Å². The summed E-state index contributed by atoms with van der Waals surface area (Å²) in [5.74, 6) is 0.113. The van der Waals surface area contributed by atoms with Gasteiger partial charge >= 0.3 is 6.09 Å². The van der Waals surface area contributed by atoms with Crippen LogP contribution in [0.15, 0.2) is 0 Å². The highest BCUT2D eigenvalue weighted by molar-refractivity contribution is 5.92. The van der Waals surface area contributed by atoms with Gasteiger partial charge in [-0.05, 0) is 32.6 Å². The molecule has 1 rings (SSSR count). The third kappa shape index (κ3) is 8.54. The molecule has 0 saturated heterocycles. The molecule has 1 aliphatic carbocycles. The number of likely N-dealkylation sites (N-methyl/N-ethyl adjacent to an activating group) is 1. The van der Waals surface area contributed by atoms with Crippen molar-refractivity contribution in [2.45, 2.75) is 46.0 Å². The average Bonchev–Trinajstić information content (AvgIpc) is 2.53. The maximum Gasteiger partial charge on any atom is 0.414 e. The van der Waals surface area contributed by atoms with Crippen molar-refractivity contribution in [3.8, 4) is 0 Å². The van der Waals surface area contributed by atoms with Crippen LogP contribution in [0.3, 0.4) is 0 Å². The van der Waals surface area contributed by atoms with E-state index in [0.29, 0.717) is 12.5 Å². The van der Waals surface area contributed by atoms with Crippen LogP contribution in [0.1, 0.15) is 46.0 Å². The monoisotopic (exact) mass is 328 g/mol. The normalized spacial score (nSPS) is 16.4. The molecule has 1 aliphatic rings. The highest BCUT2D eigenvalue weighted by Crippen LogP contribution is 2.22. The molecule has 7 nitrogen and oxygen atoms in total. The number of hydrogen-bond donors (Lipinski definition) is 3. The van der Waals surface area contributed by atoms with E-state index in [0.717, 1.165) is 11.4 Å². The third-order valence-electron chi connectivity index (χ3n) is 4.15. The second-order valence-electron chi connectivity index (χ2n) is 6.03. The van der Waals surface area contributed by atoms with Crippen LogP contribution in [0, 0.1) is 5.92 Å². The summed E-state index contributed by atoms with van der Waals surface area (Å²) in [6.45, 7) is 5.46. The van der Waals surface area contributed by atoms with Crippen molar-refractivity contribution in [3.63, 3.8) is 0 Å². The fraction of sp³-hybridized carbons (Fsp3) is 0.812. The zero-order valence-corrected chi connectivity index (χ0v) is 14.3. The summed E-state index contributed by atoms with van der Waals surface area (Å²) in [7, 11) is 0. The molecule has 7 heteroatoms. The zero-order valence-electron chi connectivity index (χ0n) is 14.3. The Hall–Kier alpha value is -1.63. The first-order chi connectivity index (χ1) is 11.0. The number of carbonyl (C=O) groups excluding carboxylic acids is 3. The number of ether oxygens (including phenoxy) is 1. The lowest BCUT2D eigenvalue weighted by Crippen LogP contribution is -3.14. The van der Waals surface area contributed by atoms with Crippen LogP contribution < -0.4 is 15.5 Å². The zero-order chi connectivity index (χ0) is 17.1. The van der Waals surface area contributed by atoms with Crippen molar-refractivity contribution >= 4 is 17.9 Å². The number of amides is 3. The molecule has 3 amide bonds. The van der Waals surface area contributed by atoms with Gasteiger partial charge in [-0.1, -0.05) is 19.3 Å². The van der Waals surface area contributed by atoms with Crippen molar-refractivity contribution in [2.75, 3.05) is 32.8 Å². The molecule has 1 fully saturated rings. The van der Waals surface area contributed by atoms with E-state index in [4.69, 9.17) is 0 Å². The molecule has 0 aliphatic heterocycles. The van der Waals surface area contributed by atoms with Gasteiger partial charge in [0, 0.05) is 6.54 Å². The standard InChI is InChI=1S/C16H29N3O4/c1-3-19(12-15(21)18-16(22)23-4-2)11-14(20)17-10-13-8-6-5-7-9-13/h13H,3-12H2,1-2H3,(H,17,20)(H,18,21,22)/p+1. The number of nitrogens with one attached hydrogen (secondary N) is 3. The van der Waals surface area contributed by atoms with Gasteiger partial charge < -0.3 is 15.0 Å². The van der Waals surface area contributed by atoms with Crippen LogP contribution in [0.2, 0.25) is 0 Å². The lowest BCUT2D eigenvalue weighted by atomic mass is 9.89. The van der Waals surface area contributed by atoms with Gasteiger partial charge in [-0.15, -0.1) is 0 Å². The molecule has 0 bridgehead atoms. The second kappa shape index (κ2) is 11.0. The number of alkyl carbamates (subject to hydrolysis) is 1. The summed E-state index contributed by atoms with van der Waals surface area (Å²) < 4.78 is 4.66. The minimum atomic E-state index is -0.741. The van der Waals surface area contributed by atoms with Gasteiger partial charge in [-0.3, -0.25) is 14.9 Å². The van der Waals surface area contributed by atoms with E-state index < -0.39 is 12.0 Å². The fourth-order valence-corrected chi connectivity index (χ4v) is 2.80. The Labute approximate surface area is 138 Å². The minimum Gasteiger partial charge on any atom is -0.450 e. The number of quaternary nitrogens is 1. The maximum atomic E-state index is 12.0. The van der Waals surface area contributed by atoms with Gasteiger partial charge in [0.1, 0.15) is 0 Å². The number of carbonyl (C=O) groups is 3. The Bertz CT molecular complexity index is 395. The molecule has 0 aromatic carbocycles. The smallest absolute Gasteiger partial charge is 0.414 e. The van der Waals surface area contributed by atoms with Crippen LogP contribution >= 0.6 is 0 Å². The number of imide groups is 1. The SMILES string of the molecule is CCOC(=O)NC(=O)C[NH+](CC)CC(=O)NCC1CCCCC1. The van der Waals surface area contributed by atoms with E-state index in [1.807, 2.05) is 6.92 Å². The molecule has 1 unspecified atom stereocenters. The first-order valence-corrected chi connectivity index (χ1v) is 8.62. The summed E-state index contributed by atoms with van der Waals surface area (Å²) in [6, 6.07) is 0. The molecule has 0 spiro atoms. The summed E-state index contributed by atoms with van der Waals surface area (Å²) in [5, 5.41) is 5.12. The third-order valence-corrected chi connectivity index (χ3v) is 4.15. The van der Waals surface area contributed by atoms with Crippen molar-refractivity contribution in [2.24, 2.45) is 5.92 Å². The summed E-state index contributed by atoms with van der Waals surface area (Å²) in [4.78, 5) is 35.7. The summed E-state index contributed by atoms with van der Waals surface area (Å²) in [5.41, 5.74) is 0. The molecular weight excluding hydrogens is 298 g/mol. The molecule has 23 heavy (non-hydrogen) atoms. The molecule has 1 atom stereocenters. The topological polar surface area (TPSA) is 88.9 Å². The number of rotatable bonds is 8. The Morgan fingerprint density at radius 2 is 1.70 bits per heavy atom. The molecule has 0 heterocycles. The quantitative estimate of drug-likeness (QED) is 0.579.